The quantitative estimate of drug-likeness (QED) is 0.829. The molecule has 0 aliphatic heterocycles. The van der Waals surface area contributed by atoms with Crippen LogP contribution in [0, 0.1) is 5.92 Å². The molecular formula is C16H16O4. The fourth-order valence-electron chi connectivity index (χ4n) is 3.91. The number of carbonyl (C=O) groups is 2. The van der Waals surface area contributed by atoms with Gasteiger partial charge >= 0.3 is 11.9 Å². The van der Waals surface area contributed by atoms with E-state index < -0.39 is 11.9 Å². The van der Waals surface area contributed by atoms with Crippen molar-refractivity contribution in [3.63, 3.8) is 0 Å². The lowest BCUT2D eigenvalue weighted by Gasteiger charge is -2.31. The largest absolute Gasteiger partial charge is 0.478 e. The summed E-state index contributed by atoms with van der Waals surface area (Å²) in [5.41, 5.74) is 1.41. The lowest BCUT2D eigenvalue weighted by atomic mass is 9.72. The number of carboxylic acids is 2. The van der Waals surface area contributed by atoms with Crippen LogP contribution in [0.1, 0.15) is 52.5 Å². The summed E-state index contributed by atoms with van der Waals surface area (Å²) in [5.74, 6) is -1.84. The highest BCUT2D eigenvalue weighted by molar-refractivity contribution is 6.03. The summed E-state index contributed by atoms with van der Waals surface area (Å²) in [4.78, 5) is 22.9. The molecule has 4 heteroatoms. The van der Waals surface area contributed by atoms with Crippen molar-refractivity contribution in [1.82, 2.24) is 0 Å². The average Bonchev–Trinajstić information content (AvgIpc) is 2.95. The minimum Gasteiger partial charge on any atom is -0.478 e. The van der Waals surface area contributed by atoms with Gasteiger partial charge in [-0.25, -0.2) is 9.59 Å². The summed E-state index contributed by atoms with van der Waals surface area (Å²) >= 11 is 0. The summed E-state index contributed by atoms with van der Waals surface area (Å²) in [7, 11) is 0. The van der Waals surface area contributed by atoms with Gasteiger partial charge in [0, 0.05) is 5.41 Å². The minimum atomic E-state index is -1.19. The van der Waals surface area contributed by atoms with E-state index in [0.717, 1.165) is 19.3 Å². The SMILES string of the molecule is CC1=CC2CCC1(c1cccc(C(=O)O)c1C(=O)O)C2. The van der Waals surface area contributed by atoms with Crippen molar-refractivity contribution in [2.24, 2.45) is 5.92 Å². The van der Waals surface area contributed by atoms with Gasteiger partial charge in [0.2, 0.25) is 0 Å². The number of carboxylic acid groups (broad SMARTS) is 2. The molecule has 0 spiro atoms. The zero-order valence-corrected chi connectivity index (χ0v) is 11.2. The topological polar surface area (TPSA) is 74.6 Å². The van der Waals surface area contributed by atoms with Gasteiger partial charge in [0.25, 0.3) is 0 Å². The second-order valence-corrected chi connectivity index (χ2v) is 5.77. The average molecular weight is 272 g/mol. The normalized spacial score (nSPS) is 27.4. The van der Waals surface area contributed by atoms with Crippen LogP contribution in [0.3, 0.4) is 0 Å². The Morgan fingerprint density at radius 3 is 2.50 bits per heavy atom. The van der Waals surface area contributed by atoms with Crippen molar-refractivity contribution in [1.29, 1.82) is 0 Å². The van der Waals surface area contributed by atoms with Gasteiger partial charge in [-0.1, -0.05) is 23.8 Å². The molecule has 1 saturated carbocycles. The fraction of sp³-hybridized carbons (Fsp3) is 0.375. The number of benzene rings is 1. The van der Waals surface area contributed by atoms with Crippen LogP contribution in [-0.2, 0) is 5.41 Å². The van der Waals surface area contributed by atoms with Crippen LogP contribution in [0.5, 0.6) is 0 Å². The molecule has 20 heavy (non-hydrogen) atoms. The number of rotatable bonds is 3. The van der Waals surface area contributed by atoms with E-state index in [2.05, 4.69) is 6.08 Å². The molecule has 2 N–H and O–H groups in total. The third-order valence-electron chi connectivity index (χ3n) is 4.82. The first-order chi connectivity index (χ1) is 9.45. The number of hydrogen-bond donors (Lipinski definition) is 2. The second-order valence-electron chi connectivity index (χ2n) is 5.77. The summed E-state index contributed by atoms with van der Waals surface area (Å²) < 4.78 is 0. The number of aromatic carboxylic acids is 2. The van der Waals surface area contributed by atoms with Gasteiger partial charge < -0.3 is 10.2 Å². The van der Waals surface area contributed by atoms with E-state index in [0.29, 0.717) is 11.5 Å². The van der Waals surface area contributed by atoms with Gasteiger partial charge in [0.15, 0.2) is 0 Å². The fourth-order valence-corrected chi connectivity index (χ4v) is 3.91. The third-order valence-corrected chi connectivity index (χ3v) is 4.82. The second kappa shape index (κ2) is 4.20. The molecule has 0 amide bonds. The Kier molecular flexibility index (Phi) is 2.71. The first-order valence-electron chi connectivity index (χ1n) is 6.75. The zero-order chi connectivity index (χ0) is 14.5. The number of fused-ring (bicyclic) bond motifs is 2. The molecule has 0 heterocycles. The predicted octanol–water partition coefficient (Wildman–Crippen LogP) is 3.08. The van der Waals surface area contributed by atoms with E-state index in [9.17, 15) is 19.8 Å². The van der Waals surface area contributed by atoms with Crippen LogP contribution in [0.4, 0.5) is 0 Å². The highest BCUT2D eigenvalue weighted by Crippen LogP contribution is 2.55. The van der Waals surface area contributed by atoms with Gasteiger partial charge in [-0.3, -0.25) is 0 Å². The molecule has 0 radical (unpaired) electrons. The molecular weight excluding hydrogens is 256 g/mol. The van der Waals surface area contributed by atoms with Crippen LogP contribution in [0.2, 0.25) is 0 Å². The molecule has 2 unspecified atom stereocenters. The van der Waals surface area contributed by atoms with Crippen molar-refractivity contribution >= 4 is 11.9 Å². The molecule has 2 bridgehead atoms. The van der Waals surface area contributed by atoms with Crippen LogP contribution >= 0.6 is 0 Å². The van der Waals surface area contributed by atoms with Crippen LogP contribution < -0.4 is 0 Å². The number of hydrogen-bond acceptors (Lipinski definition) is 2. The van der Waals surface area contributed by atoms with Crippen molar-refractivity contribution in [3.8, 4) is 0 Å². The molecule has 2 aliphatic rings. The molecule has 2 atom stereocenters. The maximum atomic E-state index is 11.6. The Balaban J connectivity index is 2.25. The van der Waals surface area contributed by atoms with Crippen LogP contribution in [0.15, 0.2) is 29.8 Å². The molecule has 104 valence electrons. The molecule has 3 rings (SSSR count). The predicted molar refractivity (Wildman–Crippen MR) is 73.1 cm³/mol. The lowest BCUT2D eigenvalue weighted by molar-refractivity contribution is 0.0649. The van der Waals surface area contributed by atoms with E-state index in [-0.39, 0.29) is 16.5 Å². The lowest BCUT2D eigenvalue weighted by Crippen LogP contribution is -2.26. The van der Waals surface area contributed by atoms with E-state index >= 15 is 0 Å². The van der Waals surface area contributed by atoms with Crippen LogP contribution in [0.25, 0.3) is 0 Å². The summed E-state index contributed by atoms with van der Waals surface area (Å²) in [6.07, 6.45) is 5.07. The smallest absolute Gasteiger partial charge is 0.336 e. The van der Waals surface area contributed by atoms with Crippen molar-refractivity contribution in [2.45, 2.75) is 31.6 Å². The van der Waals surface area contributed by atoms with E-state index in [1.165, 1.54) is 11.6 Å². The van der Waals surface area contributed by atoms with Gasteiger partial charge in [-0.05, 0) is 43.7 Å². The highest BCUT2D eigenvalue weighted by atomic mass is 16.4. The molecule has 1 aromatic rings. The molecule has 2 aliphatic carbocycles. The summed E-state index contributed by atoms with van der Waals surface area (Å²) in [6.45, 7) is 2.03. The van der Waals surface area contributed by atoms with Gasteiger partial charge in [-0.2, -0.15) is 0 Å². The van der Waals surface area contributed by atoms with Gasteiger partial charge in [0.1, 0.15) is 0 Å². The Labute approximate surface area is 116 Å². The Bertz CT molecular complexity index is 644. The maximum absolute atomic E-state index is 11.6. The van der Waals surface area contributed by atoms with E-state index in [4.69, 9.17) is 0 Å². The first kappa shape index (κ1) is 12.9. The minimum absolute atomic E-state index is 0.0460. The van der Waals surface area contributed by atoms with Crippen LogP contribution in [-0.4, -0.2) is 22.2 Å². The summed E-state index contributed by atoms with van der Waals surface area (Å²) in [6, 6.07) is 4.80. The monoisotopic (exact) mass is 272 g/mol. The van der Waals surface area contributed by atoms with Gasteiger partial charge in [-0.15, -0.1) is 0 Å². The Hall–Kier alpha value is -2.10. The maximum Gasteiger partial charge on any atom is 0.336 e. The summed E-state index contributed by atoms with van der Waals surface area (Å²) in [5, 5.41) is 18.7. The standard InChI is InChI=1S/C16H16O4/c1-9-7-10-5-6-16(9,8-10)12-4-2-3-11(14(17)18)13(12)15(19)20/h2-4,7,10H,5-6,8H2,1H3,(H,17,18)(H,19,20). The van der Waals surface area contributed by atoms with Crippen molar-refractivity contribution in [2.75, 3.05) is 0 Å². The Morgan fingerprint density at radius 2 is 2.00 bits per heavy atom. The molecule has 0 aromatic heterocycles. The Morgan fingerprint density at radius 1 is 1.25 bits per heavy atom. The third kappa shape index (κ3) is 1.60. The molecule has 1 fully saturated rings. The molecule has 1 aromatic carbocycles. The number of allylic oxidation sites excluding steroid dienone is 2. The zero-order valence-electron chi connectivity index (χ0n) is 11.2. The van der Waals surface area contributed by atoms with Gasteiger partial charge in [0.05, 0.1) is 11.1 Å². The van der Waals surface area contributed by atoms with Crippen molar-refractivity contribution < 1.29 is 19.8 Å². The molecule has 0 saturated heterocycles. The van der Waals surface area contributed by atoms with E-state index in [1.807, 2.05) is 6.92 Å². The molecule has 4 nitrogen and oxygen atoms in total. The first-order valence-corrected chi connectivity index (χ1v) is 6.75. The van der Waals surface area contributed by atoms with E-state index in [1.54, 1.807) is 12.1 Å². The van der Waals surface area contributed by atoms with Crippen molar-refractivity contribution in [3.05, 3.63) is 46.5 Å². The highest BCUT2D eigenvalue weighted by Gasteiger charge is 2.48.